The van der Waals surface area contributed by atoms with Gasteiger partial charge >= 0.3 is 0 Å². The normalized spacial score (nSPS) is 11.8. The van der Waals surface area contributed by atoms with Crippen molar-refractivity contribution in [2.45, 2.75) is 18.0 Å². The second kappa shape index (κ2) is 6.48. The van der Waals surface area contributed by atoms with Gasteiger partial charge in [-0.25, -0.2) is 17.5 Å². The first kappa shape index (κ1) is 15.8. The van der Waals surface area contributed by atoms with Crippen molar-refractivity contribution in [2.75, 3.05) is 7.05 Å². The fourth-order valence-electron chi connectivity index (χ4n) is 1.64. The minimum absolute atomic E-state index is 0.126. The topological polar surface area (TPSA) is 97.1 Å². The molecule has 0 radical (unpaired) electrons. The fraction of sp³-hybridized carbons (Fsp3) is 0.273. The second-order valence-corrected chi connectivity index (χ2v) is 6.25. The lowest BCUT2D eigenvalue weighted by Gasteiger charge is -2.10. The molecule has 0 atom stereocenters. The quantitative estimate of drug-likeness (QED) is 0.820. The largest absolute Gasteiger partial charge is 0.343 e. The van der Waals surface area contributed by atoms with E-state index in [1.807, 2.05) is 0 Å². The van der Waals surface area contributed by atoms with Crippen molar-refractivity contribution in [3.8, 4) is 0 Å². The van der Waals surface area contributed by atoms with E-state index in [1.54, 1.807) is 7.05 Å². The van der Waals surface area contributed by atoms with Crippen LogP contribution in [-0.4, -0.2) is 25.6 Å². The van der Waals surface area contributed by atoms with Gasteiger partial charge in [0.25, 0.3) is 0 Å². The lowest BCUT2D eigenvalue weighted by atomic mass is 10.2. The number of hydrogen-bond acceptors (Lipinski definition) is 6. The summed E-state index contributed by atoms with van der Waals surface area (Å²) in [6, 6.07) is 2.42. The monoisotopic (exact) mass is 334 g/mol. The van der Waals surface area contributed by atoms with E-state index in [4.69, 9.17) is 11.6 Å². The molecule has 0 fully saturated rings. The van der Waals surface area contributed by atoms with Gasteiger partial charge in [-0.05, 0) is 19.2 Å². The molecule has 0 unspecified atom stereocenters. The summed E-state index contributed by atoms with van der Waals surface area (Å²) in [5, 5.41) is 6.32. The maximum absolute atomic E-state index is 14.2. The Morgan fingerprint density at radius 1 is 1.38 bits per heavy atom. The number of nitrogens with one attached hydrogen (secondary N) is 2. The van der Waals surface area contributed by atoms with Gasteiger partial charge in [-0.1, -0.05) is 16.8 Å². The van der Waals surface area contributed by atoms with Gasteiger partial charge in [-0.15, -0.1) is 0 Å². The van der Waals surface area contributed by atoms with Crippen molar-refractivity contribution in [2.24, 2.45) is 0 Å². The molecule has 114 valence electrons. The van der Waals surface area contributed by atoms with E-state index in [9.17, 15) is 12.8 Å². The molecule has 2 aromatic rings. The van der Waals surface area contributed by atoms with Crippen LogP contribution in [0.15, 0.2) is 27.9 Å². The van der Waals surface area contributed by atoms with E-state index in [-0.39, 0.29) is 29.5 Å². The molecular formula is C11H12ClFN4O3S. The lowest BCUT2D eigenvalue weighted by molar-refractivity contribution is 0.409. The van der Waals surface area contributed by atoms with Crippen LogP contribution in [0.5, 0.6) is 0 Å². The third kappa shape index (κ3) is 3.76. The van der Waals surface area contributed by atoms with Crippen molar-refractivity contribution in [3.63, 3.8) is 0 Å². The minimum Gasteiger partial charge on any atom is -0.343 e. The SMILES string of the molecule is CNCc1cc(Cl)cc(S(=O)(=O)NCc2ncon2)c1F. The van der Waals surface area contributed by atoms with E-state index in [0.29, 0.717) is 0 Å². The average Bonchev–Trinajstić information content (AvgIpc) is 2.94. The van der Waals surface area contributed by atoms with E-state index in [1.165, 1.54) is 6.07 Å². The Labute approximate surface area is 125 Å². The van der Waals surface area contributed by atoms with Gasteiger partial charge in [-0.3, -0.25) is 0 Å². The Morgan fingerprint density at radius 3 is 2.76 bits per heavy atom. The first-order chi connectivity index (χ1) is 9.94. The molecule has 7 nitrogen and oxygen atoms in total. The second-order valence-electron chi connectivity index (χ2n) is 4.08. The number of nitrogens with zero attached hydrogens (tertiary/aromatic N) is 2. The summed E-state index contributed by atoms with van der Waals surface area (Å²) in [6.07, 6.45) is 1.06. The zero-order valence-corrected chi connectivity index (χ0v) is 12.5. The Bertz CT molecular complexity index is 721. The van der Waals surface area contributed by atoms with Crippen LogP contribution in [0.25, 0.3) is 0 Å². The summed E-state index contributed by atoms with van der Waals surface area (Å²) in [6.45, 7) is -0.0636. The molecule has 0 saturated carbocycles. The molecule has 0 aliphatic carbocycles. The van der Waals surface area contributed by atoms with Gasteiger partial charge in [0.1, 0.15) is 10.7 Å². The highest BCUT2D eigenvalue weighted by Gasteiger charge is 2.22. The van der Waals surface area contributed by atoms with Crippen molar-refractivity contribution in [1.82, 2.24) is 20.2 Å². The number of halogens is 2. The van der Waals surface area contributed by atoms with Crippen LogP contribution in [0.1, 0.15) is 11.4 Å². The molecule has 10 heteroatoms. The van der Waals surface area contributed by atoms with Gasteiger partial charge in [0.15, 0.2) is 5.82 Å². The maximum atomic E-state index is 14.2. The van der Waals surface area contributed by atoms with Gasteiger partial charge in [0.2, 0.25) is 16.4 Å². The minimum atomic E-state index is -4.09. The van der Waals surface area contributed by atoms with Crippen LogP contribution in [0.3, 0.4) is 0 Å². The molecule has 0 saturated heterocycles. The summed E-state index contributed by atoms with van der Waals surface area (Å²) >= 11 is 5.84. The third-order valence-corrected chi connectivity index (χ3v) is 4.18. The van der Waals surface area contributed by atoms with E-state index >= 15 is 0 Å². The van der Waals surface area contributed by atoms with Crippen molar-refractivity contribution < 1.29 is 17.3 Å². The average molecular weight is 335 g/mol. The molecule has 0 aliphatic heterocycles. The summed E-state index contributed by atoms with van der Waals surface area (Å²) in [5.74, 6) is -0.717. The van der Waals surface area contributed by atoms with Gasteiger partial charge in [0.05, 0.1) is 6.54 Å². The smallest absolute Gasteiger partial charge is 0.243 e. The van der Waals surface area contributed by atoms with Crippen LogP contribution < -0.4 is 10.0 Å². The Kier molecular flexibility index (Phi) is 4.88. The Morgan fingerprint density at radius 2 is 2.14 bits per heavy atom. The molecule has 21 heavy (non-hydrogen) atoms. The third-order valence-electron chi connectivity index (χ3n) is 2.56. The maximum Gasteiger partial charge on any atom is 0.243 e. The number of sulfonamides is 1. The molecule has 1 aromatic carbocycles. The summed E-state index contributed by atoms with van der Waals surface area (Å²) in [5.41, 5.74) is 0.157. The number of aromatic nitrogens is 2. The molecule has 0 bridgehead atoms. The zero-order valence-electron chi connectivity index (χ0n) is 10.9. The highest BCUT2D eigenvalue weighted by atomic mass is 35.5. The molecule has 0 amide bonds. The van der Waals surface area contributed by atoms with Crippen LogP contribution in [0.4, 0.5) is 4.39 Å². The van der Waals surface area contributed by atoms with Crippen molar-refractivity contribution in [1.29, 1.82) is 0 Å². The number of benzene rings is 1. The standard InChI is InChI=1S/C11H12ClFN4O3S/c1-14-4-7-2-8(12)3-9(11(7)13)21(18,19)16-5-10-15-6-20-17-10/h2-3,6,14,16H,4-5H2,1H3. The lowest BCUT2D eigenvalue weighted by Crippen LogP contribution is -2.25. The predicted molar refractivity (Wildman–Crippen MR) is 72.5 cm³/mol. The molecule has 2 N–H and O–H groups in total. The predicted octanol–water partition coefficient (Wildman–Crippen LogP) is 1.06. The fourth-order valence-corrected chi connectivity index (χ4v) is 3.07. The van der Waals surface area contributed by atoms with Crippen LogP contribution in [0, 0.1) is 5.82 Å². The Balaban J connectivity index is 2.30. The van der Waals surface area contributed by atoms with Crippen LogP contribution >= 0.6 is 11.6 Å². The first-order valence-electron chi connectivity index (χ1n) is 5.81. The highest BCUT2D eigenvalue weighted by molar-refractivity contribution is 7.89. The van der Waals surface area contributed by atoms with Crippen molar-refractivity contribution >= 4 is 21.6 Å². The van der Waals surface area contributed by atoms with Crippen LogP contribution in [0.2, 0.25) is 5.02 Å². The van der Waals surface area contributed by atoms with Crippen LogP contribution in [-0.2, 0) is 23.1 Å². The van der Waals surface area contributed by atoms with Gasteiger partial charge in [0, 0.05) is 17.1 Å². The summed E-state index contributed by atoms with van der Waals surface area (Å²) in [7, 11) is -2.48. The molecular weight excluding hydrogens is 323 g/mol. The van der Waals surface area contributed by atoms with E-state index < -0.39 is 20.7 Å². The highest BCUT2D eigenvalue weighted by Crippen LogP contribution is 2.23. The summed E-state index contributed by atoms with van der Waals surface area (Å²) in [4.78, 5) is 3.14. The molecule has 2 rings (SSSR count). The number of rotatable bonds is 6. The zero-order chi connectivity index (χ0) is 15.5. The Hall–Kier alpha value is -1.55. The van der Waals surface area contributed by atoms with Gasteiger partial charge < -0.3 is 9.84 Å². The first-order valence-corrected chi connectivity index (χ1v) is 7.67. The van der Waals surface area contributed by atoms with Crippen molar-refractivity contribution in [3.05, 3.63) is 40.8 Å². The molecule has 0 aliphatic rings. The molecule has 1 heterocycles. The van der Waals surface area contributed by atoms with E-state index in [0.717, 1.165) is 12.5 Å². The molecule has 0 spiro atoms. The van der Waals surface area contributed by atoms with E-state index in [2.05, 4.69) is 24.7 Å². The molecule has 1 aromatic heterocycles. The van der Waals surface area contributed by atoms with Gasteiger partial charge in [-0.2, -0.15) is 4.98 Å². The number of hydrogen-bond donors (Lipinski definition) is 2. The summed E-state index contributed by atoms with van der Waals surface area (Å²) < 4.78 is 45.2.